The number of carbonyl (C=O) groups excluding carboxylic acids is 1. The number of nitrogens with zero attached hydrogens (tertiary/aromatic N) is 2. The molecule has 1 aromatic heterocycles. The van der Waals surface area contributed by atoms with Gasteiger partial charge in [0.25, 0.3) is 0 Å². The average molecular weight is 248 g/mol. The molecular weight excluding hydrogens is 228 g/mol. The lowest BCUT2D eigenvalue weighted by molar-refractivity contribution is -0.147. The molecule has 0 spiro atoms. The third kappa shape index (κ3) is 2.81. The Labute approximate surface area is 108 Å². The van der Waals surface area contributed by atoms with E-state index in [-0.39, 0.29) is 12.1 Å². The lowest BCUT2D eigenvalue weighted by Crippen LogP contribution is -2.21. The van der Waals surface area contributed by atoms with Crippen LogP contribution in [0.25, 0.3) is 0 Å². The maximum Gasteiger partial charge on any atom is 0.306 e. The summed E-state index contributed by atoms with van der Waals surface area (Å²) in [4.78, 5) is 11.3. The van der Waals surface area contributed by atoms with Gasteiger partial charge in [0, 0.05) is 19.7 Å². The molecule has 1 heterocycles. The highest BCUT2D eigenvalue weighted by Gasteiger charge is 2.24. The van der Waals surface area contributed by atoms with Gasteiger partial charge in [-0.15, -0.1) is 0 Å². The topological polar surface area (TPSA) is 44.1 Å². The van der Waals surface area contributed by atoms with E-state index in [9.17, 15) is 4.79 Å². The molecule has 0 fully saturated rings. The highest BCUT2D eigenvalue weighted by atomic mass is 16.5. The summed E-state index contributed by atoms with van der Waals surface area (Å²) in [7, 11) is 1.93. The third-order valence-corrected chi connectivity index (χ3v) is 3.35. The van der Waals surface area contributed by atoms with Gasteiger partial charge in [0.05, 0.1) is 5.69 Å². The summed E-state index contributed by atoms with van der Waals surface area (Å²) in [6.07, 6.45) is 8.36. The van der Waals surface area contributed by atoms with Gasteiger partial charge in [0.1, 0.15) is 6.10 Å². The Morgan fingerprint density at radius 2 is 2.39 bits per heavy atom. The smallest absolute Gasteiger partial charge is 0.306 e. The van der Waals surface area contributed by atoms with Crippen LogP contribution in [0.5, 0.6) is 0 Å². The van der Waals surface area contributed by atoms with Gasteiger partial charge >= 0.3 is 5.97 Å². The number of hydrogen-bond acceptors (Lipinski definition) is 3. The van der Waals surface area contributed by atoms with Crippen LogP contribution in [0.4, 0.5) is 0 Å². The number of aryl methyl sites for hydroxylation is 2. The minimum atomic E-state index is -0.131. The molecule has 2 atom stereocenters. The maximum atomic E-state index is 11.3. The Balaban J connectivity index is 2.06. The third-order valence-electron chi connectivity index (χ3n) is 3.35. The number of allylic oxidation sites excluding steroid dienone is 1. The summed E-state index contributed by atoms with van der Waals surface area (Å²) in [6.45, 7) is 3.85. The second kappa shape index (κ2) is 5.38. The Hall–Kier alpha value is -1.58. The van der Waals surface area contributed by atoms with Gasteiger partial charge in [0.15, 0.2) is 0 Å². The molecule has 1 aromatic rings. The van der Waals surface area contributed by atoms with Crippen LogP contribution in [-0.2, 0) is 16.6 Å². The molecule has 0 aromatic carbocycles. The fourth-order valence-electron chi connectivity index (χ4n) is 2.46. The Kier molecular flexibility index (Phi) is 3.84. The van der Waals surface area contributed by atoms with Crippen LogP contribution in [0.2, 0.25) is 0 Å². The van der Waals surface area contributed by atoms with Gasteiger partial charge in [-0.3, -0.25) is 9.48 Å². The molecule has 0 bridgehead atoms. The van der Waals surface area contributed by atoms with E-state index in [0.717, 1.165) is 18.5 Å². The van der Waals surface area contributed by atoms with Crippen molar-refractivity contribution >= 4 is 5.97 Å². The van der Waals surface area contributed by atoms with Crippen molar-refractivity contribution in [2.45, 2.75) is 45.1 Å². The molecule has 4 nitrogen and oxygen atoms in total. The Bertz CT molecular complexity index is 462. The summed E-state index contributed by atoms with van der Waals surface area (Å²) in [5, 5.41) is 4.37. The molecule has 1 aliphatic carbocycles. The molecule has 0 N–H and O–H groups in total. The number of rotatable bonds is 3. The minimum Gasteiger partial charge on any atom is -0.458 e. The van der Waals surface area contributed by atoms with Crippen LogP contribution in [-0.4, -0.2) is 21.9 Å². The predicted octanol–water partition coefficient (Wildman–Crippen LogP) is 2.48. The highest BCUT2D eigenvalue weighted by Crippen LogP contribution is 2.32. The molecule has 98 valence electrons. The first-order valence-corrected chi connectivity index (χ1v) is 6.46. The SMILES string of the molecule is CCC(=O)OC1C=CCC(c2cn(C)nc2C)C1. The zero-order chi connectivity index (χ0) is 13.1. The van der Waals surface area contributed by atoms with Crippen molar-refractivity contribution in [1.29, 1.82) is 0 Å². The van der Waals surface area contributed by atoms with Crippen molar-refractivity contribution in [3.8, 4) is 0 Å². The van der Waals surface area contributed by atoms with Gasteiger partial charge in [-0.05, 0) is 37.3 Å². The standard InChI is InChI=1S/C14H20N2O2/c1-4-14(17)18-12-7-5-6-11(8-12)13-9-16(3)15-10(13)2/h5,7,9,11-12H,4,6,8H2,1-3H3. The van der Waals surface area contributed by atoms with Crippen molar-refractivity contribution < 1.29 is 9.53 Å². The van der Waals surface area contributed by atoms with Crippen LogP contribution in [0, 0.1) is 6.92 Å². The summed E-state index contributed by atoms with van der Waals surface area (Å²) >= 11 is 0. The van der Waals surface area contributed by atoms with E-state index in [4.69, 9.17) is 4.74 Å². The summed E-state index contributed by atoms with van der Waals surface area (Å²) in [6, 6.07) is 0. The number of hydrogen-bond donors (Lipinski definition) is 0. The zero-order valence-corrected chi connectivity index (χ0v) is 11.2. The summed E-state index contributed by atoms with van der Waals surface area (Å²) in [5.41, 5.74) is 2.33. The summed E-state index contributed by atoms with van der Waals surface area (Å²) < 4.78 is 7.23. The van der Waals surface area contributed by atoms with Crippen LogP contribution in [0.3, 0.4) is 0 Å². The zero-order valence-electron chi connectivity index (χ0n) is 11.2. The van der Waals surface area contributed by atoms with Crippen LogP contribution in [0.1, 0.15) is 43.4 Å². The maximum absolute atomic E-state index is 11.3. The van der Waals surface area contributed by atoms with Crippen LogP contribution < -0.4 is 0 Å². The van der Waals surface area contributed by atoms with Gasteiger partial charge in [-0.2, -0.15) is 5.10 Å². The lowest BCUT2D eigenvalue weighted by Gasteiger charge is -2.24. The first-order chi connectivity index (χ1) is 8.60. The molecule has 1 aliphatic rings. The van der Waals surface area contributed by atoms with E-state index in [1.54, 1.807) is 0 Å². The van der Waals surface area contributed by atoms with Crippen LogP contribution in [0.15, 0.2) is 18.3 Å². The molecule has 0 aliphatic heterocycles. The van der Waals surface area contributed by atoms with E-state index in [0.29, 0.717) is 12.3 Å². The van der Waals surface area contributed by atoms with Gasteiger partial charge < -0.3 is 4.74 Å². The molecule has 4 heteroatoms. The Morgan fingerprint density at radius 3 is 3.00 bits per heavy atom. The van der Waals surface area contributed by atoms with E-state index in [1.807, 2.05) is 31.7 Å². The lowest BCUT2D eigenvalue weighted by atomic mass is 9.87. The molecule has 0 amide bonds. The highest BCUT2D eigenvalue weighted by molar-refractivity contribution is 5.69. The molecule has 18 heavy (non-hydrogen) atoms. The van der Waals surface area contributed by atoms with Gasteiger partial charge in [-0.25, -0.2) is 0 Å². The normalized spacial score (nSPS) is 23.1. The molecule has 0 saturated heterocycles. The second-order valence-electron chi connectivity index (χ2n) is 4.82. The number of carbonyl (C=O) groups is 1. The molecular formula is C14H20N2O2. The largest absolute Gasteiger partial charge is 0.458 e. The van der Waals surface area contributed by atoms with Crippen LogP contribution >= 0.6 is 0 Å². The van der Waals surface area contributed by atoms with E-state index in [1.165, 1.54) is 5.56 Å². The second-order valence-corrected chi connectivity index (χ2v) is 4.82. The van der Waals surface area contributed by atoms with Crippen molar-refractivity contribution in [2.24, 2.45) is 7.05 Å². The number of ether oxygens (including phenoxy) is 1. The number of aromatic nitrogens is 2. The van der Waals surface area contributed by atoms with Crippen molar-refractivity contribution in [3.05, 3.63) is 29.6 Å². The first kappa shape index (κ1) is 12.9. The van der Waals surface area contributed by atoms with E-state index in [2.05, 4.69) is 17.4 Å². The fraction of sp³-hybridized carbons (Fsp3) is 0.571. The van der Waals surface area contributed by atoms with Gasteiger partial charge in [-0.1, -0.05) is 13.0 Å². The average Bonchev–Trinajstić information content (AvgIpc) is 2.68. The molecule has 0 radical (unpaired) electrons. The molecule has 0 saturated carbocycles. The summed E-state index contributed by atoms with van der Waals surface area (Å²) in [5.74, 6) is 0.270. The molecule has 2 rings (SSSR count). The van der Waals surface area contributed by atoms with Crippen molar-refractivity contribution in [1.82, 2.24) is 9.78 Å². The monoisotopic (exact) mass is 248 g/mol. The predicted molar refractivity (Wildman–Crippen MR) is 69.2 cm³/mol. The van der Waals surface area contributed by atoms with Crippen molar-refractivity contribution in [3.63, 3.8) is 0 Å². The quantitative estimate of drug-likeness (QED) is 0.609. The van der Waals surface area contributed by atoms with Gasteiger partial charge in [0.2, 0.25) is 0 Å². The van der Waals surface area contributed by atoms with Crippen molar-refractivity contribution in [2.75, 3.05) is 0 Å². The van der Waals surface area contributed by atoms with E-state index >= 15 is 0 Å². The first-order valence-electron chi connectivity index (χ1n) is 6.46. The molecule has 2 unspecified atom stereocenters. The number of esters is 1. The van der Waals surface area contributed by atoms with E-state index < -0.39 is 0 Å². The Morgan fingerprint density at radius 1 is 1.61 bits per heavy atom. The minimum absolute atomic E-state index is 0.0872. The fourth-order valence-corrected chi connectivity index (χ4v) is 2.46.